The number of likely N-dealkylation sites (tertiary alicyclic amines) is 1. The van der Waals surface area contributed by atoms with Crippen molar-refractivity contribution in [2.45, 2.75) is 6.42 Å². The van der Waals surface area contributed by atoms with Gasteiger partial charge in [-0.1, -0.05) is 0 Å². The second-order valence-electron chi connectivity index (χ2n) is 4.38. The van der Waals surface area contributed by atoms with Crippen molar-refractivity contribution in [2.75, 3.05) is 52.4 Å². The molecule has 1 unspecified atom stereocenters. The number of carbonyl (C=O) groups is 1. The summed E-state index contributed by atoms with van der Waals surface area (Å²) in [6.07, 6.45) is 0.495. The second kappa shape index (κ2) is 8.41. The Morgan fingerprint density at radius 1 is 1.29 bits per heavy atom. The fourth-order valence-corrected chi connectivity index (χ4v) is 1.94. The first-order chi connectivity index (χ1) is 8.27. The van der Waals surface area contributed by atoms with E-state index in [1.54, 1.807) is 0 Å². The van der Waals surface area contributed by atoms with E-state index in [1.165, 1.54) is 0 Å². The van der Waals surface area contributed by atoms with E-state index in [0.29, 0.717) is 19.5 Å². The highest BCUT2D eigenvalue weighted by molar-refractivity contribution is 5.78. The van der Waals surface area contributed by atoms with Gasteiger partial charge in [0.05, 0.1) is 0 Å². The predicted octanol–water partition coefficient (Wildman–Crippen LogP) is -2.03. The molecule has 0 aliphatic carbocycles. The summed E-state index contributed by atoms with van der Waals surface area (Å²) in [4.78, 5) is 13.3. The molecule has 5 N–H and O–H groups in total. The Balaban J connectivity index is 1.98. The Morgan fingerprint density at radius 3 is 2.59 bits per heavy atom. The number of rotatable bonds is 9. The lowest BCUT2D eigenvalue weighted by molar-refractivity contribution is -0.127. The molecular weight excluding hydrogens is 220 g/mol. The summed E-state index contributed by atoms with van der Waals surface area (Å²) in [5.41, 5.74) is 5.35. The minimum Gasteiger partial charge on any atom is -0.396 e. The molecule has 0 aromatic heterocycles. The third kappa shape index (κ3) is 5.45. The zero-order valence-corrected chi connectivity index (χ0v) is 10.3. The van der Waals surface area contributed by atoms with Crippen molar-refractivity contribution in [3.8, 4) is 0 Å². The molecule has 0 aromatic carbocycles. The van der Waals surface area contributed by atoms with Gasteiger partial charge in [0.2, 0.25) is 5.91 Å². The number of carbonyl (C=O) groups excluding carboxylic acids is 1. The Kier molecular flexibility index (Phi) is 7.11. The first kappa shape index (κ1) is 14.4. The molecular formula is C11H24N4O2. The van der Waals surface area contributed by atoms with Gasteiger partial charge in [-0.25, -0.2) is 0 Å². The molecule has 6 heteroatoms. The van der Waals surface area contributed by atoms with Crippen LogP contribution in [0.15, 0.2) is 0 Å². The van der Waals surface area contributed by atoms with Gasteiger partial charge in [-0.15, -0.1) is 0 Å². The van der Waals surface area contributed by atoms with Gasteiger partial charge in [-0.2, -0.15) is 0 Å². The molecule has 0 spiro atoms. The van der Waals surface area contributed by atoms with Crippen molar-refractivity contribution in [1.29, 1.82) is 0 Å². The molecule has 1 rings (SSSR count). The molecule has 17 heavy (non-hydrogen) atoms. The molecule has 1 fully saturated rings. The fourth-order valence-electron chi connectivity index (χ4n) is 1.94. The van der Waals surface area contributed by atoms with Crippen molar-refractivity contribution in [3.05, 3.63) is 0 Å². The highest BCUT2D eigenvalue weighted by Gasteiger charge is 2.28. The van der Waals surface area contributed by atoms with Crippen LogP contribution >= 0.6 is 0 Å². The van der Waals surface area contributed by atoms with Gasteiger partial charge >= 0.3 is 0 Å². The first-order valence-corrected chi connectivity index (χ1v) is 6.28. The average Bonchev–Trinajstić information content (AvgIpc) is 2.69. The van der Waals surface area contributed by atoms with Gasteiger partial charge in [-0.05, 0) is 0 Å². The van der Waals surface area contributed by atoms with E-state index >= 15 is 0 Å². The Labute approximate surface area is 103 Å². The summed E-state index contributed by atoms with van der Waals surface area (Å²) >= 11 is 0. The summed E-state index contributed by atoms with van der Waals surface area (Å²) < 4.78 is 0. The maximum atomic E-state index is 11.5. The number of aliphatic hydroxyl groups excluding tert-OH is 1. The van der Waals surface area contributed by atoms with E-state index in [0.717, 1.165) is 32.7 Å². The lowest BCUT2D eigenvalue weighted by Gasteiger charge is -2.16. The normalized spacial score (nSPS) is 20.2. The van der Waals surface area contributed by atoms with Crippen molar-refractivity contribution < 1.29 is 9.90 Å². The summed E-state index contributed by atoms with van der Waals surface area (Å²) in [6, 6.07) is 0. The Bertz CT molecular complexity index is 226. The molecule has 1 heterocycles. The van der Waals surface area contributed by atoms with Gasteiger partial charge < -0.3 is 26.4 Å². The summed E-state index contributed by atoms with van der Waals surface area (Å²) in [5, 5.41) is 15.4. The second-order valence-corrected chi connectivity index (χ2v) is 4.38. The number of hydrogen-bond donors (Lipinski definition) is 4. The fraction of sp³-hybridized carbons (Fsp3) is 0.909. The molecule has 0 saturated carbocycles. The summed E-state index contributed by atoms with van der Waals surface area (Å²) in [5.74, 6) is 0.292. The maximum Gasteiger partial charge on any atom is 0.223 e. The summed E-state index contributed by atoms with van der Waals surface area (Å²) in [6.45, 7) is 5.60. The first-order valence-electron chi connectivity index (χ1n) is 6.28. The van der Waals surface area contributed by atoms with Crippen molar-refractivity contribution >= 4 is 5.91 Å². The van der Waals surface area contributed by atoms with Crippen LogP contribution in [0.2, 0.25) is 0 Å². The highest BCUT2D eigenvalue weighted by atomic mass is 16.3. The number of nitrogens with zero attached hydrogens (tertiary/aromatic N) is 1. The third-order valence-corrected chi connectivity index (χ3v) is 2.91. The van der Waals surface area contributed by atoms with E-state index < -0.39 is 0 Å². The third-order valence-electron chi connectivity index (χ3n) is 2.91. The Hall–Kier alpha value is -0.690. The lowest BCUT2D eigenvalue weighted by atomic mass is 10.1. The number of nitrogens with one attached hydrogen (secondary N) is 2. The van der Waals surface area contributed by atoms with E-state index in [1.807, 2.05) is 4.90 Å². The zero-order valence-electron chi connectivity index (χ0n) is 10.3. The van der Waals surface area contributed by atoms with Crippen LogP contribution in [0.4, 0.5) is 0 Å². The molecule has 1 saturated heterocycles. The summed E-state index contributed by atoms with van der Waals surface area (Å²) in [7, 11) is 0. The quantitative estimate of drug-likeness (QED) is 0.351. The molecule has 1 atom stereocenters. The predicted molar refractivity (Wildman–Crippen MR) is 66.6 cm³/mol. The standard InChI is InChI=1S/C11H24N4O2/c12-1-2-13-3-4-14-5-6-15-8-10(9-16)7-11(15)17/h10,13-14,16H,1-9,12H2. The molecule has 1 aliphatic rings. The monoisotopic (exact) mass is 244 g/mol. The van der Waals surface area contributed by atoms with Gasteiger partial charge in [0.15, 0.2) is 0 Å². The van der Waals surface area contributed by atoms with Crippen LogP contribution in [-0.4, -0.2) is 68.3 Å². The van der Waals surface area contributed by atoms with Crippen LogP contribution in [0.25, 0.3) is 0 Å². The lowest BCUT2D eigenvalue weighted by Crippen LogP contribution is -2.36. The molecule has 0 radical (unpaired) electrons. The number of amides is 1. The van der Waals surface area contributed by atoms with Crippen molar-refractivity contribution in [3.63, 3.8) is 0 Å². The van der Waals surface area contributed by atoms with E-state index in [2.05, 4.69) is 10.6 Å². The molecule has 6 nitrogen and oxygen atoms in total. The van der Waals surface area contributed by atoms with Gasteiger partial charge in [0, 0.05) is 64.8 Å². The van der Waals surface area contributed by atoms with Crippen LogP contribution in [0.5, 0.6) is 0 Å². The minimum absolute atomic E-state index is 0.110. The van der Waals surface area contributed by atoms with Crippen molar-refractivity contribution in [2.24, 2.45) is 11.7 Å². The molecule has 1 amide bonds. The minimum atomic E-state index is 0.110. The number of hydrogen-bond acceptors (Lipinski definition) is 5. The van der Waals surface area contributed by atoms with Gasteiger partial charge in [0.1, 0.15) is 0 Å². The van der Waals surface area contributed by atoms with Crippen molar-refractivity contribution in [1.82, 2.24) is 15.5 Å². The molecule has 0 bridgehead atoms. The molecule has 1 aliphatic heterocycles. The number of aliphatic hydroxyl groups is 1. The average molecular weight is 244 g/mol. The highest BCUT2D eigenvalue weighted by Crippen LogP contribution is 2.15. The number of nitrogens with two attached hydrogens (primary N) is 1. The SMILES string of the molecule is NCCNCCNCCN1CC(CO)CC1=O. The largest absolute Gasteiger partial charge is 0.396 e. The van der Waals surface area contributed by atoms with E-state index in [9.17, 15) is 4.79 Å². The molecule has 0 aromatic rings. The Morgan fingerprint density at radius 2 is 2.00 bits per heavy atom. The van der Waals surface area contributed by atoms with Gasteiger partial charge in [0.25, 0.3) is 0 Å². The van der Waals surface area contributed by atoms with E-state index in [-0.39, 0.29) is 18.4 Å². The van der Waals surface area contributed by atoms with Crippen LogP contribution < -0.4 is 16.4 Å². The van der Waals surface area contributed by atoms with Crippen LogP contribution in [0.3, 0.4) is 0 Å². The van der Waals surface area contributed by atoms with Crippen LogP contribution in [0, 0.1) is 5.92 Å². The molecule has 100 valence electrons. The maximum absolute atomic E-state index is 11.5. The van der Waals surface area contributed by atoms with Crippen LogP contribution in [-0.2, 0) is 4.79 Å². The van der Waals surface area contributed by atoms with Crippen LogP contribution in [0.1, 0.15) is 6.42 Å². The van der Waals surface area contributed by atoms with E-state index in [4.69, 9.17) is 10.8 Å². The smallest absolute Gasteiger partial charge is 0.223 e. The van der Waals surface area contributed by atoms with Gasteiger partial charge in [-0.3, -0.25) is 4.79 Å². The topological polar surface area (TPSA) is 90.6 Å². The zero-order chi connectivity index (χ0) is 12.5.